The minimum Gasteiger partial charge on any atom is -0.347 e. The molecule has 0 bridgehead atoms. The van der Waals surface area contributed by atoms with E-state index in [2.05, 4.69) is 15.3 Å². The fourth-order valence-electron chi connectivity index (χ4n) is 2.22. The summed E-state index contributed by atoms with van der Waals surface area (Å²) in [7, 11) is 3.62. The summed E-state index contributed by atoms with van der Waals surface area (Å²) in [6.45, 7) is 4.26. The highest BCUT2D eigenvalue weighted by Gasteiger charge is 2.29. The molecule has 2 heterocycles. The fourth-order valence-corrected chi connectivity index (χ4v) is 2.22. The number of likely N-dealkylation sites (N-methyl/N-ethyl adjacent to an activating group) is 1. The van der Waals surface area contributed by atoms with Gasteiger partial charge in [-0.3, -0.25) is 14.4 Å². The predicted molar refractivity (Wildman–Crippen MR) is 69.2 cm³/mol. The van der Waals surface area contributed by atoms with Gasteiger partial charge in [0.05, 0.1) is 6.54 Å². The van der Waals surface area contributed by atoms with E-state index in [4.69, 9.17) is 0 Å². The Labute approximate surface area is 108 Å². The topological polar surface area (TPSA) is 53.4 Å². The van der Waals surface area contributed by atoms with E-state index in [1.54, 1.807) is 11.1 Å². The molecular weight excluding hydrogens is 230 g/mol. The molecule has 100 valence electrons. The molecule has 1 fully saturated rings. The van der Waals surface area contributed by atoms with Crippen molar-refractivity contribution in [2.75, 3.05) is 40.3 Å². The molecule has 2 rings (SSSR count). The van der Waals surface area contributed by atoms with Crippen molar-refractivity contribution in [3.63, 3.8) is 0 Å². The molecule has 1 amide bonds. The van der Waals surface area contributed by atoms with Crippen LogP contribution in [0.15, 0.2) is 18.5 Å². The summed E-state index contributed by atoms with van der Waals surface area (Å²) in [5, 5.41) is 7.47. The summed E-state index contributed by atoms with van der Waals surface area (Å²) < 4.78 is 1.90. The average Bonchev–Trinajstić information content (AvgIpc) is 2.89. The molecule has 1 aromatic rings. The van der Waals surface area contributed by atoms with E-state index in [0.29, 0.717) is 0 Å². The van der Waals surface area contributed by atoms with E-state index in [1.807, 2.05) is 31.0 Å². The first kappa shape index (κ1) is 13.0. The first-order chi connectivity index (χ1) is 8.68. The van der Waals surface area contributed by atoms with Gasteiger partial charge in [0.25, 0.3) is 0 Å². The summed E-state index contributed by atoms with van der Waals surface area (Å²) in [4.78, 5) is 16.0. The molecule has 1 unspecified atom stereocenters. The normalized spacial score (nSPS) is 20.9. The van der Waals surface area contributed by atoms with Crippen molar-refractivity contribution >= 4 is 5.91 Å². The Morgan fingerprint density at radius 1 is 1.50 bits per heavy atom. The van der Waals surface area contributed by atoms with Crippen LogP contribution in [0, 0.1) is 0 Å². The van der Waals surface area contributed by atoms with E-state index >= 15 is 0 Å². The van der Waals surface area contributed by atoms with E-state index in [-0.39, 0.29) is 11.9 Å². The van der Waals surface area contributed by atoms with Crippen molar-refractivity contribution in [1.29, 1.82) is 0 Å². The minimum absolute atomic E-state index is 0.0516. The molecular formula is C12H21N5O. The minimum atomic E-state index is -0.0516. The van der Waals surface area contributed by atoms with E-state index < -0.39 is 0 Å². The summed E-state index contributed by atoms with van der Waals surface area (Å²) in [5.41, 5.74) is 0. The number of hydrogen-bond acceptors (Lipinski definition) is 4. The molecule has 0 aromatic carbocycles. The number of aromatic nitrogens is 2. The monoisotopic (exact) mass is 251 g/mol. The maximum Gasteiger partial charge on any atom is 0.240 e. The standard InChI is InChI=1S/C12H21N5O/c1-15(2)12(18)11-10-13-5-7-16(11)8-9-17-6-3-4-14-17/h3-4,6,11,13H,5,7-10H2,1-2H3. The van der Waals surface area contributed by atoms with E-state index in [0.717, 1.165) is 32.7 Å². The van der Waals surface area contributed by atoms with Crippen molar-refractivity contribution < 1.29 is 4.79 Å². The van der Waals surface area contributed by atoms with Gasteiger partial charge in [-0.15, -0.1) is 0 Å². The largest absolute Gasteiger partial charge is 0.347 e. The highest BCUT2D eigenvalue weighted by Crippen LogP contribution is 2.06. The zero-order valence-electron chi connectivity index (χ0n) is 11.0. The van der Waals surface area contributed by atoms with E-state index in [1.165, 1.54) is 0 Å². The van der Waals surface area contributed by atoms with Crippen molar-refractivity contribution in [1.82, 2.24) is 24.9 Å². The van der Waals surface area contributed by atoms with Crippen LogP contribution in [0.2, 0.25) is 0 Å². The third-order valence-electron chi connectivity index (χ3n) is 3.26. The van der Waals surface area contributed by atoms with Crippen LogP contribution in [-0.2, 0) is 11.3 Å². The van der Waals surface area contributed by atoms with Crippen LogP contribution in [0.3, 0.4) is 0 Å². The van der Waals surface area contributed by atoms with Crippen LogP contribution in [-0.4, -0.2) is 71.8 Å². The van der Waals surface area contributed by atoms with Crippen LogP contribution < -0.4 is 5.32 Å². The Morgan fingerprint density at radius 2 is 2.33 bits per heavy atom. The molecule has 0 saturated carbocycles. The Bertz CT molecular complexity index is 376. The Balaban J connectivity index is 1.93. The van der Waals surface area contributed by atoms with Crippen LogP contribution in [0.25, 0.3) is 0 Å². The highest BCUT2D eigenvalue weighted by atomic mass is 16.2. The third-order valence-corrected chi connectivity index (χ3v) is 3.26. The number of nitrogens with one attached hydrogen (secondary N) is 1. The SMILES string of the molecule is CN(C)C(=O)C1CNCCN1CCn1cccn1. The number of hydrogen-bond donors (Lipinski definition) is 1. The van der Waals surface area contributed by atoms with Gasteiger partial charge in [-0.05, 0) is 6.07 Å². The third kappa shape index (κ3) is 3.08. The van der Waals surface area contributed by atoms with Gasteiger partial charge < -0.3 is 10.2 Å². The molecule has 6 nitrogen and oxygen atoms in total. The van der Waals surface area contributed by atoms with Gasteiger partial charge in [-0.1, -0.05) is 0 Å². The van der Waals surface area contributed by atoms with Crippen molar-refractivity contribution in [2.45, 2.75) is 12.6 Å². The number of amides is 1. The number of carbonyl (C=O) groups is 1. The maximum absolute atomic E-state index is 12.1. The molecule has 1 aromatic heterocycles. The zero-order chi connectivity index (χ0) is 13.0. The summed E-state index contributed by atoms with van der Waals surface area (Å²) in [5.74, 6) is 0.169. The number of rotatable bonds is 4. The van der Waals surface area contributed by atoms with Gasteiger partial charge in [0.2, 0.25) is 5.91 Å². The molecule has 0 radical (unpaired) electrons. The number of carbonyl (C=O) groups excluding carboxylic acids is 1. The molecule has 0 aliphatic carbocycles. The molecule has 1 N–H and O–H groups in total. The van der Waals surface area contributed by atoms with Gasteiger partial charge >= 0.3 is 0 Å². The summed E-state index contributed by atoms with van der Waals surface area (Å²) in [6.07, 6.45) is 3.73. The lowest BCUT2D eigenvalue weighted by Gasteiger charge is -2.36. The number of piperazine rings is 1. The Kier molecular flexibility index (Phi) is 4.33. The maximum atomic E-state index is 12.1. The first-order valence-corrected chi connectivity index (χ1v) is 6.32. The molecule has 1 aliphatic heterocycles. The molecule has 1 saturated heterocycles. The molecule has 1 atom stereocenters. The van der Waals surface area contributed by atoms with Crippen LogP contribution in [0.1, 0.15) is 0 Å². The smallest absolute Gasteiger partial charge is 0.240 e. The summed E-state index contributed by atoms with van der Waals surface area (Å²) >= 11 is 0. The first-order valence-electron chi connectivity index (χ1n) is 6.32. The van der Waals surface area contributed by atoms with Gasteiger partial charge in [0.15, 0.2) is 0 Å². The molecule has 1 aliphatic rings. The second-order valence-electron chi connectivity index (χ2n) is 4.76. The van der Waals surface area contributed by atoms with Crippen LogP contribution in [0.4, 0.5) is 0 Å². The lowest BCUT2D eigenvalue weighted by atomic mass is 10.1. The van der Waals surface area contributed by atoms with Crippen molar-refractivity contribution in [3.8, 4) is 0 Å². The average molecular weight is 251 g/mol. The lowest BCUT2D eigenvalue weighted by molar-refractivity contribution is -0.135. The molecule has 6 heteroatoms. The van der Waals surface area contributed by atoms with E-state index in [9.17, 15) is 4.79 Å². The Hall–Kier alpha value is -1.40. The highest BCUT2D eigenvalue weighted by molar-refractivity contribution is 5.81. The summed E-state index contributed by atoms with van der Waals surface area (Å²) in [6, 6.07) is 1.87. The van der Waals surface area contributed by atoms with Crippen LogP contribution >= 0.6 is 0 Å². The fraction of sp³-hybridized carbons (Fsp3) is 0.667. The quantitative estimate of drug-likeness (QED) is 0.765. The zero-order valence-corrected chi connectivity index (χ0v) is 11.0. The van der Waals surface area contributed by atoms with Gasteiger partial charge in [-0.25, -0.2) is 0 Å². The van der Waals surface area contributed by atoms with Crippen LogP contribution in [0.5, 0.6) is 0 Å². The van der Waals surface area contributed by atoms with Gasteiger partial charge in [0.1, 0.15) is 6.04 Å². The second kappa shape index (κ2) is 5.97. The lowest BCUT2D eigenvalue weighted by Crippen LogP contribution is -2.58. The number of nitrogens with zero attached hydrogens (tertiary/aromatic N) is 4. The predicted octanol–water partition coefficient (Wildman–Crippen LogP) is -0.755. The molecule has 18 heavy (non-hydrogen) atoms. The van der Waals surface area contributed by atoms with Crippen molar-refractivity contribution in [3.05, 3.63) is 18.5 Å². The Morgan fingerprint density at radius 3 is 3.00 bits per heavy atom. The van der Waals surface area contributed by atoms with Crippen molar-refractivity contribution in [2.24, 2.45) is 0 Å². The van der Waals surface area contributed by atoms with Gasteiger partial charge in [-0.2, -0.15) is 5.10 Å². The second-order valence-corrected chi connectivity index (χ2v) is 4.76. The molecule has 0 spiro atoms. The van der Waals surface area contributed by atoms with Gasteiger partial charge in [0, 0.05) is 52.7 Å².